The number of carbonyl (C=O) groups is 1. The highest BCUT2D eigenvalue weighted by atomic mass is 35.5. The number of rotatable bonds is 3. The largest absolute Gasteiger partial charge is 0.343 e. The van der Waals surface area contributed by atoms with Crippen LogP contribution in [0.2, 0.25) is 5.15 Å². The van der Waals surface area contributed by atoms with Crippen molar-refractivity contribution in [1.29, 1.82) is 0 Å². The van der Waals surface area contributed by atoms with Crippen molar-refractivity contribution < 1.29 is 4.79 Å². The van der Waals surface area contributed by atoms with E-state index in [9.17, 15) is 4.79 Å². The zero-order chi connectivity index (χ0) is 12.3. The Hall–Kier alpha value is -2.02. The van der Waals surface area contributed by atoms with Gasteiger partial charge in [-0.3, -0.25) is 14.5 Å². The van der Waals surface area contributed by atoms with Crippen LogP contribution in [0.25, 0.3) is 0 Å². The van der Waals surface area contributed by atoms with Crippen LogP contribution in [-0.2, 0) is 13.6 Å². The van der Waals surface area contributed by atoms with Crippen LogP contribution >= 0.6 is 11.6 Å². The Morgan fingerprint density at radius 3 is 3.00 bits per heavy atom. The minimum absolute atomic E-state index is 0.161. The first-order valence-electron chi connectivity index (χ1n) is 4.75. The van der Waals surface area contributed by atoms with Gasteiger partial charge in [-0.25, -0.2) is 9.97 Å². The van der Waals surface area contributed by atoms with E-state index in [-0.39, 0.29) is 23.3 Å². The van der Waals surface area contributed by atoms with Crippen LogP contribution in [0.15, 0.2) is 18.7 Å². The molecule has 0 saturated heterocycles. The lowest BCUT2D eigenvalue weighted by atomic mass is 10.4. The summed E-state index contributed by atoms with van der Waals surface area (Å²) >= 11 is 5.63. The predicted molar refractivity (Wildman–Crippen MR) is 59.2 cm³/mol. The van der Waals surface area contributed by atoms with Crippen molar-refractivity contribution >= 4 is 17.5 Å². The maximum atomic E-state index is 11.6. The van der Waals surface area contributed by atoms with E-state index in [1.807, 2.05) is 0 Å². The van der Waals surface area contributed by atoms with Gasteiger partial charge >= 0.3 is 0 Å². The number of amides is 1. The molecule has 0 atom stereocenters. The lowest BCUT2D eigenvalue weighted by Gasteiger charge is -2.01. The van der Waals surface area contributed by atoms with Gasteiger partial charge < -0.3 is 5.32 Å². The summed E-state index contributed by atoms with van der Waals surface area (Å²) in [6.07, 6.45) is 4.26. The first kappa shape index (κ1) is 11.5. The molecule has 88 valence electrons. The summed E-state index contributed by atoms with van der Waals surface area (Å²) in [5, 5.41) is 6.81. The molecule has 0 unspecified atom stereocenters. The van der Waals surface area contributed by atoms with Crippen molar-refractivity contribution in [3.63, 3.8) is 0 Å². The molecule has 0 aliphatic carbocycles. The van der Waals surface area contributed by atoms with E-state index in [4.69, 9.17) is 11.6 Å². The third kappa shape index (κ3) is 2.97. The second kappa shape index (κ2) is 4.88. The molecule has 1 N–H and O–H groups in total. The van der Waals surface area contributed by atoms with Crippen LogP contribution in [0.5, 0.6) is 0 Å². The zero-order valence-electron chi connectivity index (χ0n) is 8.96. The number of carbonyl (C=O) groups excluding carboxylic acids is 1. The van der Waals surface area contributed by atoms with Crippen LogP contribution in [0.3, 0.4) is 0 Å². The average molecular weight is 253 g/mol. The highest BCUT2D eigenvalue weighted by Crippen LogP contribution is 2.02. The molecule has 0 aromatic carbocycles. The van der Waals surface area contributed by atoms with Crippen LogP contribution in [-0.4, -0.2) is 30.6 Å². The zero-order valence-corrected chi connectivity index (χ0v) is 9.72. The van der Waals surface area contributed by atoms with Gasteiger partial charge in [-0.05, 0) is 0 Å². The first-order chi connectivity index (χ1) is 8.15. The highest BCUT2D eigenvalue weighted by Gasteiger charge is 2.09. The SMILES string of the molecule is Cn1cnc(CNC(=O)c2cncc(Cl)n2)n1. The molecule has 8 heteroatoms. The Morgan fingerprint density at radius 2 is 2.35 bits per heavy atom. The number of halogens is 1. The number of nitrogens with zero attached hydrogens (tertiary/aromatic N) is 5. The van der Waals surface area contributed by atoms with E-state index in [1.165, 1.54) is 12.4 Å². The van der Waals surface area contributed by atoms with Gasteiger partial charge in [0.15, 0.2) is 5.82 Å². The quantitative estimate of drug-likeness (QED) is 0.843. The van der Waals surface area contributed by atoms with Crippen molar-refractivity contribution in [3.05, 3.63) is 35.4 Å². The Kier molecular flexibility index (Phi) is 3.29. The molecule has 2 aromatic heterocycles. The molecule has 7 nitrogen and oxygen atoms in total. The van der Waals surface area contributed by atoms with Gasteiger partial charge in [0.1, 0.15) is 17.2 Å². The molecule has 17 heavy (non-hydrogen) atoms. The van der Waals surface area contributed by atoms with Gasteiger partial charge in [-0.15, -0.1) is 0 Å². The van der Waals surface area contributed by atoms with Gasteiger partial charge in [0.2, 0.25) is 0 Å². The maximum absolute atomic E-state index is 11.6. The van der Waals surface area contributed by atoms with E-state index in [0.29, 0.717) is 5.82 Å². The van der Waals surface area contributed by atoms with Crippen molar-refractivity contribution in [2.75, 3.05) is 0 Å². The second-order valence-electron chi connectivity index (χ2n) is 3.24. The molecule has 0 saturated carbocycles. The summed E-state index contributed by atoms with van der Waals surface area (Å²) in [6.45, 7) is 0.230. The normalized spacial score (nSPS) is 10.2. The topological polar surface area (TPSA) is 85.6 Å². The summed E-state index contributed by atoms with van der Waals surface area (Å²) < 4.78 is 1.56. The van der Waals surface area contributed by atoms with E-state index >= 15 is 0 Å². The molecular weight excluding hydrogens is 244 g/mol. The lowest BCUT2D eigenvalue weighted by molar-refractivity contribution is 0.0944. The van der Waals surface area contributed by atoms with E-state index < -0.39 is 0 Å². The van der Waals surface area contributed by atoms with E-state index in [0.717, 1.165) is 0 Å². The van der Waals surface area contributed by atoms with Crippen molar-refractivity contribution in [2.45, 2.75) is 6.54 Å². The predicted octanol–water partition coefficient (Wildman–Crippen LogP) is 0.188. The monoisotopic (exact) mass is 252 g/mol. The summed E-state index contributed by atoms with van der Waals surface area (Å²) in [4.78, 5) is 23.2. The van der Waals surface area contributed by atoms with Gasteiger partial charge in [0.25, 0.3) is 5.91 Å². The fraction of sp³-hybridized carbons (Fsp3) is 0.222. The molecule has 0 aliphatic heterocycles. The summed E-state index contributed by atoms with van der Waals surface area (Å²) in [5.41, 5.74) is 0.161. The maximum Gasteiger partial charge on any atom is 0.271 e. The van der Waals surface area contributed by atoms with Crippen molar-refractivity contribution in [2.24, 2.45) is 7.05 Å². The number of hydrogen-bond donors (Lipinski definition) is 1. The van der Waals surface area contributed by atoms with Crippen molar-refractivity contribution in [3.8, 4) is 0 Å². The standard InChI is InChI=1S/C9H9ClN6O/c1-16-5-13-8(15-16)4-12-9(17)6-2-11-3-7(10)14-6/h2-3,5H,4H2,1H3,(H,12,17). The fourth-order valence-electron chi connectivity index (χ4n) is 1.17. The Morgan fingerprint density at radius 1 is 1.53 bits per heavy atom. The van der Waals surface area contributed by atoms with Crippen molar-refractivity contribution in [1.82, 2.24) is 30.0 Å². The molecule has 2 rings (SSSR count). The molecule has 0 radical (unpaired) electrons. The van der Waals surface area contributed by atoms with Crippen LogP contribution < -0.4 is 5.32 Å². The Labute approximate surface area is 102 Å². The van der Waals surface area contributed by atoms with Crippen LogP contribution in [0.4, 0.5) is 0 Å². The molecule has 1 amide bonds. The summed E-state index contributed by atoms with van der Waals surface area (Å²) in [6, 6.07) is 0. The number of aromatic nitrogens is 5. The minimum atomic E-state index is -0.368. The third-order valence-electron chi connectivity index (χ3n) is 1.89. The van der Waals surface area contributed by atoms with Gasteiger partial charge in [-0.2, -0.15) is 5.10 Å². The smallest absolute Gasteiger partial charge is 0.271 e. The molecule has 2 heterocycles. The van der Waals surface area contributed by atoms with E-state index in [2.05, 4.69) is 25.4 Å². The fourth-order valence-corrected chi connectivity index (χ4v) is 1.31. The molecule has 0 aliphatic rings. The van der Waals surface area contributed by atoms with E-state index in [1.54, 1.807) is 18.1 Å². The minimum Gasteiger partial charge on any atom is -0.343 e. The van der Waals surface area contributed by atoms with Gasteiger partial charge in [-0.1, -0.05) is 11.6 Å². The molecule has 0 spiro atoms. The third-order valence-corrected chi connectivity index (χ3v) is 2.07. The number of aryl methyl sites for hydroxylation is 1. The lowest BCUT2D eigenvalue weighted by Crippen LogP contribution is -2.24. The molecule has 2 aromatic rings. The van der Waals surface area contributed by atoms with Crippen LogP contribution in [0.1, 0.15) is 16.3 Å². The Bertz CT molecular complexity index is 540. The second-order valence-corrected chi connectivity index (χ2v) is 3.63. The number of nitrogens with one attached hydrogen (secondary N) is 1. The summed E-state index contributed by atoms with van der Waals surface area (Å²) in [5.74, 6) is 0.156. The van der Waals surface area contributed by atoms with Gasteiger partial charge in [0.05, 0.1) is 18.9 Å². The molecular formula is C9H9ClN6O. The first-order valence-corrected chi connectivity index (χ1v) is 5.13. The molecule has 0 bridgehead atoms. The highest BCUT2D eigenvalue weighted by molar-refractivity contribution is 6.29. The van der Waals surface area contributed by atoms with Gasteiger partial charge in [0, 0.05) is 7.05 Å². The Balaban J connectivity index is 1.98. The summed E-state index contributed by atoms with van der Waals surface area (Å²) in [7, 11) is 1.75. The van der Waals surface area contributed by atoms with Crippen LogP contribution in [0, 0.1) is 0 Å². The number of hydrogen-bond acceptors (Lipinski definition) is 5. The average Bonchev–Trinajstić information content (AvgIpc) is 2.72. The molecule has 0 fully saturated rings.